The van der Waals surface area contributed by atoms with Crippen LogP contribution in [0.15, 0.2) is 28.7 Å². The minimum atomic E-state index is 0.699. The number of benzene rings is 1. The van der Waals surface area contributed by atoms with Gasteiger partial charge in [-0.1, -0.05) is 35.2 Å². The standard InChI is InChI=1S/C12H16BrN/c13-10-6-8-12(9-7-10)14-11-4-2-1-3-5-11/h6-9,11,14H,1-5H2. The van der Waals surface area contributed by atoms with Gasteiger partial charge >= 0.3 is 0 Å². The summed E-state index contributed by atoms with van der Waals surface area (Å²) in [5.41, 5.74) is 1.25. The molecule has 1 N–H and O–H groups in total. The number of anilines is 1. The number of hydrogen-bond acceptors (Lipinski definition) is 1. The zero-order chi connectivity index (χ0) is 9.80. The fourth-order valence-electron chi connectivity index (χ4n) is 2.03. The van der Waals surface area contributed by atoms with Crippen molar-refractivity contribution in [2.45, 2.75) is 38.1 Å². The molecule has 1 aromatic rings. The van der Waals surface area contributed by atoms with Gasteiger partial charge in [0.15, 0.2) is 0 Å². The van der Waals surface area contributed by atoms with Gasteiger partial charge in [-0.05, 0) is 37.1 Å². The third-order valence-corrected chi connectivity index (χ3v) is 3.35. The molecule has 0 heterocycles. The van der Waals surface area contributed by atoms with Gasteiger partial charge in [0.05, 0.1) is 0 Å². The molecule has 0 spiro atoms. The highest BCUT2D eigenvalue weighted by molar-refractivity contribution is 9.10. The van der Waals surface area contributed by atoms with Crippen molar-refractivity contribution >= 4 is 21.6 Å². The van der Waals surface area contributed by atoms with E-state index in [0.717, 1.165) is 4.47 Å². The molecule has 0 saturated heterocycles. The molecule has 0 unspecified atom stereocenters. The van der Waals surface area contributed by atoms with Crippen LogP contribution in [-0.2, 0) is 0 Å². The van der Waals surface area contributed by atoms with Crippen molar-refractivity contribution in [1.29, 1.82) is 0 Å². The Hall–Kier alpha value is -0.500. The Morgan fingerprint density at radius 1 is 1.00 bits per heavy atom. The molecule has 1 aromatic carbocycles. The van der Waals surface area contributed by atoms with Gasteiger partial charge < -0.3 is 5.32 Å². The minimum Gasteiger partial charge on any atom is -0.382 e. The Morgan fingerprint density at radius 3 is 2.29 bits per heavy atom. The molecular formula is C12H16BrN. The summed E-state index contributed by atoms with van der Waals surface area (Å²) in [7, 11) is 0. The van der Waals surface area contributed by atoms with Crippen LogP contribution in [0, 0.1) is 0 Å². The maximum absolute atomic E-state index is 3.59. The normalized spacial score (nSPS) is 18.1. The third-order valence-electron chi connectivity index (χ3n) is 2.82. The minimum absolute atomic E-state index is 0.699. The van der Waals surface area contributed by atoms with Gasteiger partial charge in [-0.3, -0.25) is 0 Å². The summed E-state index contributed by atoms with van der Waals surface area (Å²) < 4.78 is 1.15. The van der Waals surface area contributed by atoms with E-state index in [1.165, 1.54) is 37.8 Å². The molecule has 2 rings (SSSR count). The van der Waals surface area contributed by atoms with Crippen molar-refractivity contribution in [2.24, 2.45) is 0 Å². The number of halogens is 1. The number of nitrogens with one attached hydrogen (secondary N) is 1. The molecule has 76 valence electrons. The van der Waals surface area contributed by atoms with Crippen molar-refractivity contribution in [3.05, 3.63) is 28.7 Å². The lowest BCUT2D eigenvalue weighted by Gasteiger charge is -2.23. The Kier molecular flexibility index (Phi) is 3.46. The summed E-state index contributed by atoms with van der Waals surface area (Å²) in [5.74, 6) is 0. The maximum Gasteiger partial charge on any atom is 0.0343 e. The van der Waals surface area contributed by atoms with Crippen molar-refractivity contribution in [1.82, 2.24) is 0 Å². The topological polar surface area (TPSA) is 12.0 Å². The zero-order valence-electron chi connectivity index (χ0n) is 8.30. The van der Waals surface area contributed by atoms with E-state index in [1.807, 2.05) is 0 Å². The Morgan fingerprint density at radius 2 is 1.64 bits per heavy atom. The van der Waals surface area contributed by atoms with Crippen molar-refractivity contribution < 1.29 is 0 Å². The molecule has 1 aliphatic carbocycles. The predicted molar refractivity (Wildman–Crippen MR) is 64.6 cm³/mol. The molecule has 1 nitrogen and oxygen atoms in total. The van der Waals surface area contributed by atoms with E-state index in [0.29, 0.717) is 6.04 Å². The summed E-state index contributed by atoms with van der Waals surface area (Å²) in [6.07, 6.45) is 6.84. The lowest BCUT2D eigenvalue weighted by molar-refractivity contribution is 0.463. The third kappa shape index (κ3) is 2.74. The quantitative estimate of drug-likeness (QED) is 0.834. The molecule has 2 heteroatoms. The first-order chi connectivity index (χ1) is 6.84. The molecule has 0 aromatic heterocycles. The SMILES string of the molecule is Brc1ccc(NC2CCCCC2)cc1. The van der Waals surface area contributed by atoms with Crippen LogP contribution in [0.1, 0.15) is 32.1 Å². The summed E-state index contributed by atoms with van der Waals surface area (Å²) in [5, 5.41) is 3.59. The first kappa shape index (κ1) is 10.0. The first-order valence-electron chi connectivity index (χ1n) is 5.37. The molecule has 0 atom stereocenters. The van der Waals surface area contributed by atoms with E-state index < -0.39 is 0 Å². The van der Waals surface area contributed by atoms with E-state index in [9.17, 15) is 0 Å². The molecule has 1 saturated carbocycles. The number of rotatable bonds is 2. The van der Waals surface area contributed by atoms with Gasteiger partial charge in [0.25, 0.3) is 0 Å². The van der Waals surface area contributed by atoms with Gasteiger partial charge in [0, 0.05) is 16.2 Å². The molecule has 1 aliphatic rings. The second-order valence-corrected chi connectivity index (χ2v) is 4.90. The highest BCUT2D eigenvalue weighted by Crippen LogP contribution is 2.22. The van der Waals surface area contributed by atoms with Crippen LogP contribution >= 0.6 is 15.9 Å². The van der Waals surface area contributed by atoms with Crippen molar-refractivity contribution in [3.63, 3.8) is 0 Å². The molecular weight excluding hydrogens is 238 g/mol. The molecule has 0 aliphatic heterocycles. The average Bonchev–Trinajstić information content (AvgIpc) is 2.23. The summed E-state index contributed by atoms with van der Waals surface area (Å²) in [6.45, 7) is 0. The molecule has 0 amide bonds. The van der Waals surface area contributed by atoms with Crippen molar-refractivity contribution in [2.75, 3.05) is 5.32 Å². The lowest BCUT2D eigenvalue weighted by Crippen LogP contribution is -2.21. The van der Waals surface area contributed by atoms with Crippen LogP contribution in [0.25, 0.3) is 0 Å². The van der Waals surface area contributed by atoms with Crippen LogP contribution in [-0.4, -0.2) is 6.04 Å². The van der Waals surface area contributed by atoms with Crippen LogP contribution in [0.4, 0.5) is 5.69 Å². The second-order valence-electron chi connectivity index (χ2n) is 3.99. The second kappa shape index (κ2) is 4.83. The lowest BCUT2D eigenvalue weighted by atomic mass is 9.95. The van der Waals surface area contributed by atoms with Crippen LogP contribution in [0.3, 0.4) is 0 Å². The predicted octanol–water partition coefficient (Wildman–Crippen LogP) is 4.19. The van der Waals surface area contributed by atoms with E-state index in [1.54, 1.807) is 0 Å². The van der Waals surface area contributed by atoms with Crippen molar-refractivity contribution in [3.8, 4) is 0 Å². The molecule has 0 radical (unpaired) electrons. The van der Waals surface area contributed by atoms with Gasteiger partial charge in [-0.2, -0.15) is 0 Å². The van der Waals surface area contributed by atoms with Gasteiger partial charge in [0.2, 0.25) is 0 Å². The smallest absolute Gasteiger partial charge is 0.0343 e. The Labute approximate surface area is 94.0 Å². The Balaban J connectivity index is 1.92. The molecule has 1 fully saturated rings. The fraction of sp³-hybridized carbons (Fsp3) is 0.500. The molecule has 0 bridgehead atoms. The van der Waals surface area contributed by atoms with Crippen LogP contribution in [0.2, 0.25) is 0 Å². The van der Waals surface area contributed by atoms with Gasteiger partial charge in [-0.25, -0.2) is 0 Å². The van der Waals surface area contributed by atoms with Crippen LogP contribution in [0.5, 0.6) is 0 Å². The number of hydrogen-bond donors (Lipinski definition) is 1. The maximum atomic E-state index is 3.59. The summed E-state index contributed by atoms with van der Waals surface area (Å²) >= 11 is 3.44. The largest absolute Gasteiger partial charge is 0.382 e. The van der Waals surface area contributed by atoms with E-state index >= 15 is 0 Å². The fourth-order valence-corrected chi connectivity index (χ4v) is 2.29. The van der Waals surface area contributed by atoms with E-state index in [4.69, 9.17) is 0 Å². The highest BCUT2D eigenvalue weighted by atomic mass is 79.9. The zero-order valence-corrected chi connectivity index (χ0v) is 9.89. The monoisotopic (exact) mass is 253 g/mol. The van der Waals surface area contributed by atoms with E-state index in [2.05, 4.69) is 45.5 Å². The average molecular weight is 254 g/mol. The molecule has 14 heavy (non-hydrogen) atoms. The Bertz CT molecular complexity index is 275. The van der Waals surface area contributed by atoms with Gasteiger partial charge in [0.1, 0.15) is 0 Å². The van der Waals surface area contributed by atoms with Gasteiger partial charge in [-0.15, -0.1) is 0 Å². The van der Waals surface area contributed by atoms with E-state index in [-0.39, 0.29) is 0 Å². The summed E-state index contributed by atoms with van der Waals surface area (Å²) in [4.78, 5) is 0. The highest BCUT2D eigenvalue weighted by Gasteiger charge is 2.12. The van der Waals surface area contributed by atoms with Crippen LogP contribution < -0.4 is 5.32 Å². The first-order valence-corrected chi connectivity index (χ1v) is 6.16. The summed E-state index contributed by atoms with van der Waals surface area (Å²) in [6, 6.07) is 9.15.